The maximum Gasteiger partial charge on any atom is 0.328 e. The summed E-state index contributed by atoms with van der Waals surface area (Å²) >= 11 is 0. The molecule has 0 bridgehead atoms. The highest BCUT2D eigenvalue weighted by atomic mass is 16.5. The van der Waals surface area contributed by atoms with Gasteiger partial charge in [-0.2, -0.15) is 0 Å². The van der Waals surface area contributed by atoms with Crippen LogP contribution in [0.3, 0.4) is 0 Å². The van der Waals surface area contributed by atoms with Crippen LogP contribution in [0.15, 0.2) is 59.7 Å². The van der Waals surface area contributed by atoms with Crippen LogP contribution in [0.4, 0.5) is 0 Å². The Morgan fingerprint density at radius 3 is 2.61 bits per heavy atom. The number of rotatable bonds is 6. The van der Waals surface area contributed by atoms with Crippen LogP contribution < -0.4 is 10.9 Å². The maximum absolute atomic E-state index is 12.5. The number of nitrogens with zero attached hydrogens (tertiary/aromatic N) is 2. The third-order valence-electron chi connectivity index (χ3n) is 4.24. The Morgan fingerprint density at radius 2 is 1.89 bits per heavy atom. The number of fused-ring (bicyclic) bond motifs is 1. The Balaban J connectivity index is 1.75. The third kappa shape index (κ3) is 4.35. The fourth-order valence-corrected chi connectivity index (χ4v) is 2.82. The van der Waals surface area contributed by atoms with E-state index in [0.717, 1.165) is 5.56 Å². The molecule has 0 radical (unpaired) electrons. The molecule has 8 nitrogen and oxygen atoms in total. The second kappa shape index (κ2) is 8.34. The van der Waals surface area contributed by atoms with Gasteiger partial charge < -0.3 is 15.2 Å². The summed E-state index contributed by atoms with van der Waals surface area (Å²) in [5.41, 5.74) is 0.941. The van der Waals surface area contributed by atoms with E-state index >= 15 is 0 Å². The Hall–Kier alpha value is -3.68. The number of methoxy groups -OCH3 is 1. The summed E-state index contributed by atoms with van der Waals surface area (Å²) in [6, 6.07) is 12.2. The molecule has 1 aromatic heterocycles. The minimum Gasteiger partial charge on any atom is -0.508 e. The molecule has 28 heavy (non-hydrogen) atoms. The Morgan fingerprint density at radius 1 is 1.18 bits per heavy atom. The minimum atomic E-state index is -0.925. The van der Waals surface area contributed by atoms with Crippen molar-refractivity contribution in [3.63, 3.8) is 0 Å². The number of amides is 1. The van der Waals surface area contributed by atoms with Crippen LogP contribution >= 0.6 is 0 Å². The van der Waals surface area contributed by atoms with Gasteiger partial charge in [0.1, 0.15) is 18.3 Å². The quantitative estimate of drug-likeness (QED) is 0.617. The Kier molecular flexibility index (Phi) is 5.69. The van der Waals surface area contributed by atoms with E-state index in [0.29, 0.717) is 10.9 Å². The zero-order chi connectivity index (χ0) is 20.1. The number of carbonyl (C=O) groups is 2. The number of aromatic nitrogens is 2. The lowest BCUT2D eigenvalue weighted by atomic mass is 10.1. The molecule has 1 atom stereocenters. The fraction of sp³-hybridized carbons (Fsp3) is 0.200. The van der Waals surface area contributed by atoms with Crippen molar-refractivity contribution in [1.82, 2.24) is 14.9 Å². The van der Waals surface area contributed by atoms with E-state index in [9.17, 15) is 19.5 Å². The number of benzene rings is 2. The van der Waals surface area contributed by atoms with Gasteiger partial charge >= 0.3 is 5.97 Å². The number of esters is 1. The van der Waals surface area contributed by atoms with Gasteiger partial charge in [0.15, 0.2) is 0 Å². The number of hydrogen-bond acceptors (Lipinski definition) is 6. The van der Waals surface area contributed by atoms with Gasteiger partial charge in [-0.3, -0.25) is 14.2 Å². The number of aromatic hydroxyl groups is 1. The zero-order valence-corrected chi connectivity index (χ0v) is 15.2. The summed E-state index contributed by atoms with van der Waals surface area (Å²) in [7, 11) is 1.23. The monoisotopic (exact) mass is 381 g/mol. The molecule has 144 valence electrons. The zero-order valence-electron chi connectivity index (χ0n) is 15.2. The summed E-state index contributed by atoms with van der Waals surface area (Å²) < 4.78 is 5.94. The second-order valence-electron chi connectivity index (χ2n) is 6.21. The number of phenolic OH excluding ortho intramolecular Hbond substituents is 1. The van der Waals surface area contributed by atoms with E-state index in [4.69, 9.17) is 4.74 Å². The number of ether oxygens (including phenoxy) is 1. The smallest absolute Gasteiger partial charge is 0.328 e. The molecule has 3 aromatic rings. The lowest BCUT2D eigenvalue weighted by Gasteiger charge is -2.17. The summed E-state index contributed by atoms with van der Waals surface area (Å²) in [6.45, 7) is -0.278. The van der Waals surface area contributed by atoms with Gasteiger partial charge in [0.25, 0.3) is 5.56 Å². The lowest BCUT2D eigenvalue weighted by Crippen LogP contribution is -2.45. The maximum atomic E-state index is 12.5. The predicted molar refractivity (Wildman–Crippen MR) is 102 cm³/mol. The summed E-state index contributed by atoms with van der Waals surface area (Å²) in [5, 5.41) is 12.4. The van der Waals surface area contributed by atoms with Crippen molar-refractivity contribution in [1.29, 1.82) is 0 Å². The molecule has 2 N–H and O–H groups in total. The van der Waals surface area contributed by atoms with Gasteiger partial charge in [-0.1, -0.05) is 24.3 Å². The molecule has 0 saturated heterocycles. The summed E-state index contributed by atoms with van der Waals surface area (Å²) in [4.78, 5) is 41.1. The van der Waals surface area contributed by atoms with Crippen molar-refractivity contribution < 1.29 is 19.4 Å². The molecule has 0 spiro atoms. The molecule has 3 rings (SSSR count). The van der Waals surface area contributed by atoms with Crippen molar-refractivity contribution in [2.75, 3.05) is 7.11 Å². The van der Waals surface area contributed by atoms with Crippen LogP contribution in [0.1, 0.15) is 5.56 Å². The van der Waals surface area contributed by atoms with Crippen molar-refractivity contribution in [2.24, 2.45) is 0 Å². The number of carbonyl (C=O) groups excluding carboxylic acids is 2. The molecule has 1 amide bonds. The first-order valence-electron chi connectivity index (χ1n) is 8.57. The number of phenols is 1. The number of hydrogen-bond donors (Lipinski definition) is 2. The highest BCUT2D eigenvalue weighted by Gasteiger charge is 2.22. The van der Waals surface area contributed by atoms with Gasteiger partial charge in [-0.05, 0) is 29.8 Å². The van der Waals surface area contributed by atoms with Crippen LogP contribution in [-0.2, 0) is 27.3 Å². The third-order valence-corrected chi connectivity index (χ3v) is 4.24. The predicted octanol–water partition coefficient (Wildman–Crippen LogP) is 1.00. The normalized spacial score (nSPS) is 11.8. The molecule has 0 aliphatic heterocycles. The number of nitrogens with one attached hydrogen (secondary N) is 1. The van der Waals surface area contributed by atoms with Crippen LogP contribution in [0.5, 0.6) is 5.75 Å². The van der Waals surface area contributed by atoms with Crippen molar-refractivity contribution in [3.05, 3.63) is 70.8 Å². The van der Waals surface area contributed by atoms with Crippen LogP contribution in [0.2, 0.25) is 0 Å². The SMILES string of the molecule is COC(=O)C(Cc1ccc(O)cc1)NC(=O)Cn1cnc2ccccc2c1=O. The molecule has 1 heterocycles. The highest BCUT2D eigenvalue weighted by Crippen LogP contribution is 2.12. The molecule has 2 aromatic carbocycles. The first-order valence-corrected chi connectivity index (χ1v) is 8.57. The molecular weight excluding hydrogens is 362 g/mol. The van der Waals surface area contributed by atoms with Gasteiger partial charge in [-0.15, -0.1) is 0 Å². The molecule has 1 unspecified atom stereocenters. The molecular formula is C20H19N3O5. The first kappa shape index (κ1) is 19.1. The van der Waals surface area contributed by atoms with E-state index in [1.54, 1.807) is 36.4 Å². The second-order valence-corrected chi connectivity index (χ2v) is 6.21. The first-order chi connectivity index (χ1) is 13.5. The Bertz CT molecular complexity index is 1060. The largest absolute Gasteiger partial charge is 0.508 e. The Labute approximate surface area is 160 Å². The van der Waals surface area contributed by atoms with E-state index in [1.807, 2.05) is 0 Å². The molecule has 8 heteroatoms. The van der Waals surface area contributed by atoms with Crippen LogP contribution in [0, 0.1) is 0 Å². The van der Waals surface area contributed by atoms with Gasteiger partial charge in [-0.25, -0.2) is 9.78 Å². The lowest BCUT2D eigenvalue weighted by molar-refractivity contribution is -0.145. The fourth-order valence-electron chi connectivity index (χ4n) is 2.82. The van der Waals surface area contributed by atoms with Crippen molar-refractivity contribution >= 4 is 22.8 Å². The van der Waals surface area contributed by atoms with Crippen LogP contribution in [0.25, 0.3) is 10.9 Å². The molecule has 0 aliphatic rings. The van der Waals surface area contributed by atoms with E-state index in [-0.39, 0.29) is 24.3 Å². The average molecular weight is 381 g/mol. The van der Waals surface area contributed by atoms with Gasteiger partial charge in [0, 0.05) is 6.42 Å². The van der Waals surface area contributed by atoms with Gasteiger partial charge in [0.2, 0.25) is 5.91 Å². The van der Waals surface area contributed by atoms with Crippen molar-refractivity contribution in [2.45, 2.75) is 19.0 Å². The summed E-state index contributed by atoms with van der Waals surface area (Å²) in [6.07, 6.45) is 1.49. The van der Waals surface area contributed by atoms with E-state index in [2.05, 4.69) is 10.3 Å². The van der Waals surface area contributed by atoms with Gasteiger partial charge in [0.05, 0.1) is 24.3 Å². The minimum absolute atomic E-state index is 0.102. The highest BCUT2D eigenvalue weighted by molar-refractivity contribution is 5.85. The van der Waals surface area contributed by atoms with E-state index in [1.165, 1.54) is 30.1 Å². The molecule has 0 fully saturated rings. The number of para-hydroxylation sites is 1. The topological polar surface area (TPSA) is 111 Å². The summed E-state index contributed by atoms with van der Waals surface area (Å²) in [5.74, 6) is -1.02. The standard InChI is InChI=1S/C20H19N3O5/c1-28-20(27)17(10-13-6-8-14(24)9-7-13)22-18(25)11-23-12-21-16-5-3-2-4-15(16)19(23)26/h2-9,12,17,24H,10-11H2,1H3,(H,22,25). The molecule has 0 saturated carbocycles. The van der Waals surface area contributed by atoms with Crippen LogP contribution in [-0.4, -0.2) is 39.7 Å². The van der Waals surface area contributed by atoms with E-state index < -0.39 is 17.9 Å². The molecule has 0 aliphatic carbocycles. The van der Waals surface area contributed by atoms with Crippen molar-refractivity contribution in [3.8, 4) is 5.75 Å². The average Bonchev–Trinajstić information content (AvgIpc) is 2.71.